The molecule has 0 fully saturated rings. The van der Waals surface area contributed by atoms with Crippen molar-refractivity contribution in [2.24, 2.45) is 5.73 Å². The first-order valence-corrected chi connectivity index (χ1v) is 7.21. The Morgan fingerprint density at radius 1 is 1.24 bits per heavy atom. The van der Waals surface area contributed by atoms with Gasteiger partial charge >= 0.3 is 5.97 Å². The summed E-state index contributed by atoms with van der Waals surface area (Å²) in [5, 5.41) is 2.24. The largest absolute Gasteiger partial charge is 0.479 e. The van der Waals surface area contributed by atoms with E-state index in [2.05, 4.69) is 0 Å². The highest BCUT2D eigenvalue weighted by Crippen LogP contribution is 2.29. The van der Waals surface area contributed by atoms with Crippen LogP contribution in [0.3, 0.4) is 0 Å². The number of hydrogen-bond donors (Lipinski definition) is 1. The predicted octanol–water partition coefficient (Wildman–Crippen LogP) is 2.67. The normalized spacial score (nSPS) is 12.1. The van der Waals surface area contributed by atoms with Crippen LogP contribution in [-0.4, -0.2) is 25.2 Å². The minimum Gasteiger partial charge on any atom is -0.479 e. The highest BCUT2D eigenvalue weighted by molar-refractivity contribution is 5.88. The van der Waals surface area contributed by atoms with Gasteiger partial charge in [0.05, 0.1) is 6.61 Å². The second kappa shape index (κ2) is 7.09. The van der Waals surface area contributed by atoms with Crippen molar-refractivity contribution in [2.75, 3.05) is 13.2 Å². The summed E-state index contributed by atoms with van der Waals surface area (Å²) < 4.78 is 10.8. The second-order valence-electron chi connectivity index (χ2n) is 4.81. The molecule has 2 N–H and O–H groups in total. The van der Waals surface area contributed by atoms with E-state index < -0.39 is 6.10 Å². The van der Waals surface area contributed by atoms with Crippen molar-refractivity contribution in [3.05, 3.63) is 42.0 Å². The Kier molecular flexibility index (Phi) is 5.17. The van der Waals surface area contributed by atoms with Gasteiger partial charge in [0.25, 0.3) is 0 Å². The lowest BCUT2D eigenvalue weighted by atomic mass is 10.0. The molecule has 2 rings (SSSR count). The molecular formula is C17H21NO3. The number of esters is 1. The number of benzene rings is 2. The van der Waals surface area contributed by atoms with Crippen LogP contribution in [0.2, 0.25) is 0 Å². The zero-order valence-electron chi connectivity index (χ0n) is 12.5. The van der Waals surface area contributed by atoms with Gasteiger partial charge in [-0.3, -0.25) is 0 Å². The van der Waals surface area contributed by atoms with Crippen molar-refractivity contribution in [1.29, 1.82) is 0 Å². The van der Waals surface area contributed by atoms with Gasteiger partial charge in [-0.15, -0.1) is 0 Å². The molecule has 4 nitrogen and oxygen atoms in total. The Morgan fingerprint density at radius 2 is 2.00 bits per heavy atom. The summed E-state index contributed by atoms with van der Waals surface area (Å²) in [6, 6.07) is 12.0. The minimum absolute atomic E-state index is 0.347. The summed E-state index contributed by atoms with van der Waals surface area (Å²) in [6.07, 6.45) is 0.0642. The van der Waals surface area contributed by atoms with E-state index in [1.807, 2.05) is 36.4 Å². The van der Waals surface area contributed by atoms with Crippen molar-refractivity contribution in [1.82, 2.24) is 0 Å². The summed E-state index contributed by atoms with van der Waals surface area (Å²) in [7, 11) is 0. The first-order chi connectivity index (χ1) is 10.2. The molecule has 0 bridgehead atoms. The molecule has 2 aromatic carbocycles. The van der Waals surface area contributed by atoms with E-state index in [1.165, 1.54) is 0 Å². The topological polar surface area (TPSA) is 61.5 Å². The molecule has 21 heavy (non-hydrogen) atoms. The van der Waals surface area contributed by atoms with Gasteiger partial charge in [-0.2, -0.15) is 0 Å². The zero-order chi connectivity index (χ0) is 15.2. The van der Waals surface area contributed by atoms with Gasteiger partial charge in [0.2, 0.25) is 0 Å². The summed E-state index contributed by atoms with van der Waals surface area (Å²) in [4.78, 5) is 11.7. The van der Waals surface area contributed by atoms with E-state index in [-0.39, 0.29) is 5.97 Å². The Morgan fingerprint density at radius 3 is 2.71 bits per heavy atom. The van der Waals surface area contributed by atoms with Gasteiger partial charge in [-0.25, -0.2) is 4.79 Å². The summed E-state index contributed by atoms with van der Waals surface area (Å²) in [5.41, 5.74) is 6.75. The first-order valence-electron chi connectivity index (χ1n) is 7.21. The van der Waals surface area contributed by atoms with Gasteiger partial charge in [0, 0.05) is 5.56 Å². The average molecular weight is 287 g/mol. The maximum Gasteiger partial charge on any atom is 0.347 e. The van der Waals surface area contributed by atoms with Crippen LogP contribution in [0.15, 0.2) is 36.4 Å². The Labute approximate surface area is 124 Å². The third-order valence-corrected chi connectivity index (χ3v) is 3.31. The molecular weight excluding hydrogens is 266 g/mol. The number of carbonyl (C=O) groups excluding carboxylic acids is 1. The number of carbonyl (C=O) groups is 1. The molecule has 0 spiro atoms. The van der Waals surface area contributed by atoms with Gasteiger partial charge in [-0.05, 0) is 43.7 Å². The SMILES string of the molecule is CCOC(=O)C(C)Oc1ccc2ccccc2c1CCN. The monoisotopic (exact) mass is 287 g/mol. The number of hydrogen-bond acceptors (Lipinski definition) is 4. The Bertz CT molecular complexity index is 624. The zero-order valence-corrected chi connectivity index (χ0v) is 12.5. The highest BCUT2D eigenvalue weighted by atomic mass is 16.6. The van der Waals surface area contributed by atoms with E-state index in [1.54, 1.807) is 13.8 Å². The molecule has 0 radical (unpaired) electrons. The number of ether oxygens (including phenoxy) is 2. The maximum atomic E-state index is 11.7. The van der Waals surface area contributed by atoms with E-state index in [4.69, 9.17) is 15.2 Å². The first kappa shape index (κ1) is 15.3. The van der Waals surface area contributed by atoms with Crippen molar-refractivity contribution >= 4 is 16.7 Å². The van der Waals surface area contributed by atoms with Crippen molar-refractivity contribution in [3.8, 4) is 5.75 Å². The fourth-order valence-corrected chi connectivity index (χ4v) is 2.33. The summed E-state index contributed by atoms with van der Waals surface area (Å²) in [5.74, 6) is 0.337. The average Bonchev–Trinajstić information content (AvgIpc) is 2.50. The molecule has 1 atom stereocenters. The fraction of sp³-hybridized carbons (Fsp3) is 0.353. The van der Waals surface area contributed by atoms with Crippen LogP contribution in [0.4, 0.5) is 0 Å². The summed E-state index contributed by atoms with van der Waals surface area (Å²) in [6.45, 7) is 4.35. The quantitative estimate of drug-likeness (QED) is 0.830. The smallest absolute Gasteiger partial charge is 0.347 e. The summed E-state index contributed by atoms with van der Waals surface area (Å²) >= 11 is 0. The Balaban J connectivity index is 2.34. The minimum atomic E-state index is -0.636. The van der Waals surface area contributed by atoms with Crippen LogP contribution in [0.1, 0.15) is 19.4 Å². The number of fused-ring (bicyclic) bond motifs is 1. The molecule has 0 aliphatic carbocycles. The van der Waals surface area contributed by atoms with Crippen LogP contribution in [0.25, 0.3) is 10.8 Å². The van der Waals surface area contributed by atoms with Crippen LogP contribution in [0.5, 0.6) is 5.75 Å². The van der Waals surface area contributed by atoms with E-state index in [0.29, 0.717) is 25.3 Å². The van der Waals surface area contributed by atoms with Crippen LogP contribution in [0, 0.1) is 0 Å². The third-order valence-electron chi connectivity index (χ3n) is 3.31. The Hall–Kier alpha value is -2.07. The number of nitrogens with two attached hydrogens (primary N) is 1. The lowest BCUT2D eigenvalue weighted by Crippen LogP contribution is -2.26. The fourth-order valence-electron chi connectivity index (χ4n) is 2.33. The van der Waals surface area contributed by atoms with Gasteiger partial charge in [0.15, 0.2) is 6.10 Å². The van der Waals surface area contributed by atoms with E-state index >= 15 is 0 Å². The molecule has 0 aromatic heterocycles. The predicted molar refractivity (Wildman–Crippen MR) is 83.4 cm³/mol. The molecule has 2 aromatic rings. The lowest BCUT2D eigenvalue weighted by Gasteiger charge is -2.17. The molecule has 0 aliphatic heterocycles. The van der Waals surface area contributed by atoms with Crippen LogP contribution >= 0.6 is 0 Å². The molecule has 0 saturated carbocycles. The van der Waals surface area contributed by atoms with Gasteiger partial charge in [0.1, 0.15) is 5.75 Å². The molecule has 112 valence electrons. The third kappa shape index (κ3) is 3.52. The molecule has 1 unspecified atom stereocenters. The molecule has 0 heterocycles. The van der Waals surface area contributed by atoms with Gasteiger partial charge < -0.3 is 15.2 Å². The van der Waals surface area contributed by atoms with E-state index in [0.717, 1.165) is 16.3 Å². The lowest BCUT2D eigenvalue weighted by molar-refractivity contribution is -0.150. The van der Waals surface area contributed by atoms with Crippen molar-refractivity contribution < 1.29 is 14.3 Å². The van der Waals surface area contributed by atoms with Gasteiger partial charge in [-0.1, -0.05) is 30.3 Å². The highest BCUT2D eigenvalue weighted by Gasteiger charge is 2.18. The second-order valence-corrected chi connectivity index (χ2v) is 4.81. The molecule has 0 amide bonds. The molecule has 0 aliphatic rings. The molecule has 0 saturated heterocycles. The van der Waals surface area contributed by atoms with Crippen molar-refractivity contribution in [2.45, 2.75) is 26.4 Å². The number of rotatable bonds is 6. The van der Waals surface area contributed by atoms with E-state index in [9.17, 15) is 4.79 Å². The maximum absolute atomic E-state index is 11.7. The van der Waals surface area contributed by atoms with Crippen LogP contribution in [-0.2, 0) is 16.0 Å². The standard InChI is InChI=1S/C17H21NO3/c1-3-20-17(19)12(2)21-16-9-8-13-6-4-5-7-14(13)15(16)10-11-18/h4-9,12H,3,10-11,18H2,1-2H3. The van der Waals surface area contributed by atoms with Crippen molar-refractivity contribution in [3.63, 3.8) is 0 Å². The molecule has 4 heteroatoms. The van der Waals surface area contributed by atoms with Crippen LogP contribution < -0.4 is 10.5 Å².